The molecule has 0 atom stereocenters. The van der Waals surface area contributed by atoms with Crippen molar-refractivity contribution in [3.8, 4) is 6.07 Å². The Labute approximate surface area is 123 Å². The van der Waals surface area contributed by atoms with Gasteiger partial charge in [-0.3, -0.25) is 0 Å². The minimum atomic E-state index is -0.465. The summed E-state index contributed by atoms with van der Waals surface area (Å²) in [7, 11) is 0. The fourth-order valence-corrected chi connectivity index (χ4v) is 2.71. The van der Waals surface area contributed by atoms with Crippen LogP contribution in [-0.4, -0.2) is 4.57 Å². The summed E-state index contributed by atoms with van der Waals surface area (Å²) >= 11 is 0. The van der Waals surface area contributed by atoms with Crippen molar-refractivity contribution in [3.05, 3.63) is 71.2 Å². The number of fused-ring (bicyclic) bond motifs is 1. The first-order valence-corrected chi connectivity index (χ1v) is 6.98. The molecule has 2 aromatic carbocycles. The van der Waals surface area contributed by atoms with E-state index in [9.17, 15) is 4.39 Å². The normalized spacial score (nSPS) is 10.7. The Morgan fingerprint density at radius 1 is 1.19 bits per heavy atom. The van der Waals surface area contributed by atoms with Crippen LogP contribution in [0.15, 0.2) is 48.7 Å². The van der Waals surface area contributed by atoms with E-state index in [2.05, 4.69) is 35.8 Å². The van der Waals surface area contributed by atoms with Gasteiger partial charge in [0.1, 0.15) is 11.9 Å². The van der Waals surface area contributed by atoms with Gasteiger partial charge in [-0.1, -0.05) is 31.2 Å². The number of nitriles is 1. The van der Waals surface area contributed by atoms with Gasteiger partial charge in [0.05, 0.1) is 11.1 Å². The number of hydrogen-bond acceptors (Lipinski definition) is 1. The molecule has 2 nitrogen and oxygen atoms in total. The highest BCUT2D eigenvalue weighted by Crippen LogP contribution is 2.22. The first-order chi connectivity index (χ1) is 10.2. The van der Waals surface area contributed by atoms with Crippen molar-refractivity contribution in [1.82, 2.24) is 4.57 Å². The number of aryl methyl sites for hydroxylation is 1. The zero-order valence-corrected chi connectivity index (χ0v) is 11.8. The first kappa shape index (κ1) is 13.4. The molecule has 1 heterocycles. The number of halogens is 1. The Kier molecular flexibility index (Phi) is 3.45. The molecule has 0 bridgehead atoms. The summed E-state index contributed by atoms with van der Waals surface area (Å²) in [5.74, 6) is -0.465. The Morgan fingerprint density at radius 3 is 2.81 bits per heavy atom. The van der Waals surface area contributed by atoms with Crippen molar-refractivity contribution in [1.29, 1.82) is 5.26 Å². The van der Waals surface area contributed by atoms with Crippen LogP contribution in [0.25, 0.3) is 10.9 Å². The zero-order valence-electron chi connectivity index (χ0n) is 11.8. The highest BCUT2D eigenvalue weighted by atomic mass is 19.1. The summed E-state index contributed by atoms with van der Waals surface area (Å²) in [4.78, 5) is 0. The lowest BCUT2D eigenvalue weighted by Crippen LogP contribution is -2.01. The second-order valence-corrected chi connectivity index (χ2v) is 5.08. The SMILES string of the molecule is CCc1cccc2ccn(Cc3ccc(F)c(C#N)c3)c12. The predicted octanol–water partition coefficient (Wildman–Crippen LogP) is 4.26. The molecule has 0 amide bonds. The lowest BCUT2D eigenvalue weighted by Gasteiger charge is -2.09. The predicted molar refractivity (Wildman–Crippen MR) is 81.5 cm³/mol. The van der Waals surface area contributed by atoms with E-state index in [0.29, 0.717) is 6.54 Å². The maximum Gasteiger partial charge on any atom is 0.140 e. The zero-order chi connectivity index (χ0) is 14.8. The van der Waals surface area contributed by atoms with E-state index >= 15 is 0 Å². The highest BCUT2D eigenvalue weighted by Gasteiger charge is 2.08. The van der Waals surface area contributed by atoms with E-state index in [1.54, 1.807) is 12.1 Å². The topological polar surface area (TPSA) is 28.7 Å². The minimum Gasteiger partial charge on any atom is -0.343 e. The number of hydrogen-bond donors (Lipinski definition) is 0. The van der Waals surface area contributed by atoms with Crippen LogP contribution in [-0.2, 0) is 13.0 Å². The summed E-state index contributed by atoms with van der Waals surface area (Å²) in [6.45, 7) is 2.77. The van der Waals surface area contributed by atoms with Gasteiger partial charge < -0.3 is 4.57 Å². The van der Waals surface area contributed by atoms with E-state index < -0.39 is 5.82 Å². The average molecular weight is 278 g/mol. The summed E-state index contributed by atoms with van der Waals surface area (Å²) < 4.78 is 15.5. The van der Waals surface area contributed by atoms with E-state index in [0.717, 1.165) is 12.0 Å². The molecular formula is C18H15FN2. The van der Waals surface area contributed by atoms with Crippen LogP contribution >= 0.6 is 0 Å². The molecule has 3 aromatic rings. The van der Waals surface area contributed by atoms with Crippen LogP contribution in [0, 0.1) is 17.1 Å². The van der Waals surface area contributed by atoms with Crippen LogP contribution in [0.1, 0.15) is 23.6 Å². The van der Waals surface area contributed by atoms with Crippen LogP contribution in [0.2, 0.25) is 0 Å². The maximum atomic E-state index is 13.4. The fraction of sp³-hybridized carbons (Fsp3) is 0.167. The monoisotopic (exact) mass is 278 g/mol. The van der Waals surface area contributed by atoms with Gasteiger partial charge in [-0.05, 0) is 41.1 Å². The van der Waals surface area contributed by atoms with Gasteiger partial charge in [-0.15, -0.1) is 0 Å². The van der Waals surface area contributed by atoms with Gasteiger partial charge in [0.15, 0.2) is 0 Å². The van der Waals surface area contributed by atoms with E-state index in [4.69, 9.17) is 5.26 Å². The molecule has 1 aromatic heterocycles. The third kappa shape index (κ3) is 2.41. The number of aromatic nitrogens is 1. The molecule has 0 saturated heterocycles. The largest absolute Gasteiger partial charge is 0.343 e. The minimum absolute atomic E-state index is 0.0969. The van der Waals surface area contributed by atoms with Crippen molar-refractivity contribution in [2.75, 3.05) is 0 Å². The fourth-order valence-electron chi connectivity index (χ4n) is 2.71. The van der Waals surface area contributed by atoms with Crippen LogP contribution < -0.4 is 0 Å². The second kappa shape index (κ2) is 5.41. The summed E-state index contributed by atoms with van der Waals surface area (Å²) in [6, 6.07) is 15.0. The van der Waals surface area contributed by atoms with E-state index in [-0.39, 0.29) is 5.56 Å². The second-order valence-electron chi connectivity index (χ2n) is 5.08. The number of nitrogens with zero attached hydrogens (tertiary/aromatic N) is 2. The smallest absolute Gasteiger partial charge is 0.140 e. The molecule has 21 heavy (non-hydrogen) atoms. The van der Waals surface area contributed by atoms with Gasteiger partial charge >= 0.3 is 0 Å². The molecule has 3 rings (SSSR count). The van der Waals surface area contributed by atoms with Gasteiger partial charge in [-0.25, -0.2) is 4.39 Å². The molecule has 0 aliphatic rings. The summed E-state index contributed by atoms with van der Waals surface area (Å²) in [5, 5.41) is 10.1. The Balaban J connectivity index is 2.05. The molecule has 0 aliphatic heterocycles. The van der Waals surface area contributed by atoms with Crippen molar-refractivity contribution >= 4 is 10.9 Å². The quantitative estimate of drug-likeness (QED) is 0.703. The highest BCUT2D eigenvalue weighted by molar-refractivity contribution is 5.83. The number of benzene rings is 2. The third-order valence-electron chi connectivity index (χ3n) is 3.76. The molecule has 3 heteroatoms. The molecule has 104 valence electrons. The molecule has 0 N–H and O–H groups in total. The molecule has 0 radical (unpaired) electrons. The average Bonchev–Trinajstić information content (AvgIpc) is 2.92. The Hall–Kier alpha value is -2.60. The molecule has 0 spiro atoms. The Bertz CT molecular complexity index is 840. The standard InChI is InChI=1S/C18H15FN2/c1-2-14-4-3-5-15-8-9-21(18(14)15)12-13-6-7-17(19)16(10-13)11-20/h3-10H,2,12H2,1H3. The lowest BCUT2D eigenvalue weighted by atomic mass is 10.1. The summed E-state index contributed by atoms with van der Waals surface area (Å²) in [5.41, 5.74) is 3.53. The maximum absolute atomic E-state index is 13.4. The van der Waals surface area contributed by atoms with Crippen LogP contribution in [0.5, 0.6) is 0 Å². The molecule has 0 aliphatic carbocycles. The van der Waals surface area contributed by atoms with Crippen LogP contribution in [0.3, 0.4) is 0 Å². The first-order valence-electron chi connectivity index (χ1n) is 6.98. The van der Waals surface area contributed by atoms with Gasteiger partial charge in [0.2, 0.25) is 0 Å². The van der Waals surface area contributed by atoms with Gasteiger partial charge in [-0.2, -0.15) is 5.26 Å². The van der Waals surface area contributed by atoms with Gasteiger partial charge in [0.25, 0.3) is 0 Å². The lowest BCUT2D eigenvalue weighted by molar-refractivity contribution is 0.622. The van der Waals surface area contributed by atoms with Crippen molar-refractivity contribution < 1.29 is 4.39 Å². The Morgan fingerprint density at radius 2 is 2.05 bits per heavy atom. The van der Waals surface area contributed by atoms with Gasteiger partial charge in [0, 0.05) is 12.7 Å². The third-order valence-corrected chi connectivity index (χ3v) is 3.76. The summed E-state index contributed by atoms with van der Waals surface area (Å²) in [6.07, 6.45) is 3.01. The van der Waals surface area contributed by atoms with Crippen LogP contribution in [0.4, 0.5) is 4.39 Å². The molecule has 0 unspecified atom stereocenters. The molecule has 0 fully saturated rings. The molecule has 0 saturated carbocycles. The van der Waals surface area contributed by atoms with Crippen molar-refractivity contribution in [3.63, 3.8) is 0 Å². The number of rotatable bonds is 3. The van der Waals surface area contributed by atoms with Crippen molar-refractivity contribution in [2.45, 2.75) is 19.9 Å². The van der Waals surface area contributed by atoms with Crippen molar-refractivity contribution in [2.24, 2.45) is 0 Å². The van der Waals surface area contributed by atoms with E-state index in [1.807, 2.05) is 12.3 Å². The molecular weight excluding hydrogens is 263 g/mol. The number of para-hydroxylation sites is 1. The van der Waals surface area contributed by atoms with E-state index in [1.165, 1.54) is 22.5 Å².